The van der Waals surface area contributed by atoms with E-state index in [0.717, 1.165) is 49.8 Å². The maximum atomic E-state index is 12.5. The Balaban J connectivity index is 0.00000156. The van der Waals surface area contributed by atoms with Crippen molar-refractivity contribution in [3.63, 3.8) is 0 Å². The van der Waals surface area contributed by atoms with Crippen molar-refractivity contribution in [1.29, 1.82) is 0 Å². The third-order valence-electron chi connectivity index (χ3n) is 5.25. The smallest absolute Gasteiger partial charge is 0.226 e. The van der Waals surface area contributed by atoms with E-state index >= 15 is 0 Å². The topological polar surface area (TPSA) is 41.6 Å². The summed E-state index contributed by atoms with van der Waals surface area (Å²) in [5.41, 5.74) is 0. The number of ether oxygens (including phenoxy) is 1. The summed E-state index contributed by atoms with van der Waals surface area (Å²) >= 11 is 5.88. The molecule has 1 unspecified atom stereocenters. The Morgan fingerprint density at radius 1 is 1.13 bits per heavy atom. The van der Waals surface area contributed by atoms with Crippen molar-refractivity contribution < 1.29 is 9.53 Å². The van der Waals surface area contributed by atoms with Crippen molar-refractivity contribution in [2.24, 2.45) is 17.8 Å². The van der Waals surface area contributed by atoms with E-state index in [-0.39, 0.29) is 18.5 Å². The highest BCUT2D eigenvalue weighted by Crippen LogP contribution is 2.49. The molecule has 2 heterocycles. The molecule has 2 saturated heterocycles. The number of rotatable bonds is 3. The minimum atomic E-state index is 0. The van der Waals surface area contributed by atoms with Crippen LogP contribution in [0.15, 0.2) is 24.3 Å². The summed E-state index contributed by atoms with van der Waals surface area (Å²) in [6, 6.07) is 7.49. The van der Waals surface area contributed by atoms with E-state index in [1.165, 1.54) is 0 Å². The first-order valence-corrected chi connectivity index (χ1v) is 8.52. The highest BCUT2D eigenvalue weighted by Gasteiger charge is 2.57. The summed E-state index contributed by atoms with van der Waals surface area (Å²) in [5.74, 6) is 2.75. The van der Waals surface area contributed by atoms with E-state index in [1.54, 1.807) is 0 Å². The van der Waals surface area contributed by atoms with Gasteiger partial charge < -0.3 is 15.0 Å². The maximum Gasteiger partial charge on any atom is 0.226 e. The van der Waals surface area contributed by atoms with Crippen LogP contribution in [0.1, 0.15) is 12.8 Å². The summed E-state index contributed by atoms with van der Waals surface area (Å²) < 4.78 is 5.98. The van der Waals surface area contributed by atoms with Crippen LogP contribution in [-0.2, 0) is 4.79 Å². The predicted molar refractivity (Wildman–Crippen MR) is 92.3 cm³/mol. The predicted octanol–water partition coefficient (Wildman–Crippen LogP) is 2.60. The number of fused-ring (bicyclic) bond motifs is 1. The molecule has 1 amide bonds. The number of piperidine rings is 2. The number of likely N-dealkylation sites (tertiary alicyclic amines) is 1. The molecule has 3 atom stereocenters. The van der Waals surface area contributed by atoms with Gasteiger partial charge in [-0.3, -0.25) is 4.79 Å². The van der Waals surface area contributed by atoms with E-state index in [9.17, 15) is 4.79 Å². The fourth-order valence-corrected chi connectivity index (χ4v) is 4.02. The zero-order chi connectivity index (χ0) is 15.1. The van der Waals surface area contributed by atoms with Gasteiger partial charge in [0, 0.05) is 36.9 Å². The molecule has 4 rings (SSSR count). The number of halogens is 2. The lowest BCUT2D eigenvalue weighted by molar-refractivity contribution is -0.135. The Labute approximate surface area is 147 Å². The van der Waals surface area contributed by atoms with E-state index in [4.69, 9.17) is 16.3 Å². The van der Waals surface area contributed by atoms with Gasteiger partial charge >= 0.3 is 0 Å². The summed E-state index contributed by atoms with van der Waals surface area (Å²) in [7, 11) is 0. The van der Waals surface area contributed by atoms with Gasteiger partial charge in [0.05, 0.1) is 0 Å². The molecule has 1 aromatic rings. The van der Waals surface area contributed by atoms with E-state index in [0.29, 0.717) is 23.7 Å². The van der Waals surface area contributed by atoms with Gasteiger partial charge in [-0.2, -0.15) is 0 Å². The van der Waals surface area contributed by atoms with E-state index in [1.807, 2.05) is 29.2 Å². The molecule has 1 N–H and O–H groups in total. The first kappa shape index (κ1) is 16.9. The first-order valence-electron chi connectivity index (χ1n) is 8.14. The number of nitrogens with zero attached hydrogens (tertiary/aromatic N) is 1. The Bertz CT molecular complexity index is 548. The van der Waals surface area contributed by atoms with Gasteiger partial charge in [0.15, 0.2) is 0 Å². The standard InChI is InChI=1S/C17H21ClN2O2.ClH/c18-11-1-3-12(4-2-11)22-13-5-7-20(8-6-13)17(21)16-14-9-19-10-15(14)16;/h1-4,13-16,19H,5-10H2;1H/t14-,15+,16?;. The molecule has 3 fully saturated rings. The zero-order valence-electron chi connectivity index (χ0n) is 12.9. The quantitative estimate of drug-likeness (QED) is 0.904. The van der Waals surface area contributed by atoms with Gasteiger partial charge in [0.1, 0.15) is 11.9 Å². The lowest BCUT2D eigenvalue weighted by Gasteiger charge is -2.32. The second-order valence-electron chi connectivity index (χ2n) is 6.61. The van der Waals surface area contributed by atoms with Gasteiger partial charge in [-0.25, -0.2) is 0 Å². The molecule has 4 nitrogen and oxygen atoms in total. The fraction of sp³-hybridized carbons (Fsp3) is 0.588. The van der Waals surface area contributed by atoms with Gasteiger partial charge in [0.25, 0.3) is 0 Å². The molecule has 1 aromatic carbocycles. The van der Waals surface area contributed by atoms with Crippen LogP contribution in [-0.4, -0.2) is 43.1 Å². The van der Waals surface area contributed by atoms with Crippen LogP contribution in [0.4, 0.5) is 0 Å². The van der Waals surface area contributed by atoms with Crippen LogP contribution < -0.4 is 10.1 Å². The average molecular weight is 357 g/mol. The van der Waals surface area contributed by atoms with Gasteiger partial charge in [-0.1, -0.05) is 11.6 Å². The molecule has 0 bridgehead atoms. The number of amides is 1. The van der Waals surface area contributed by atoms with Crippen molar-refractivity contribution in [2.75, 3.05) is 26.2 Å². The van der Waals surface area contributed by atoms with Crippen LogP contribution in [0.25, 0.3) is 0 Å². The molecular weight excluding hydrogens is 335 g/mol. The molecule has 3 aliphatic rings. The molecule has 126 valence electrons. The third-order valence-corrected chi connectivity index (χ3v) is 5.50. The second kappa shape index (κ2) is 6.88. The first-order chi connectivity index (χ1) is 10.7. The number of carbonyl (C=O) groups excluding carboxylic acids is 1. The van der Waals surface area contributed by atoms with Crippen LogP contribution >= 0.6 is 24.0 Å². The Kier molecular flexibility index (Phi) is 5.04. The summed E-state index contributed by atoms with van der Waals surface area (Å²) in [4.78, 5) is 14.6. The Morgan fingerprint density at radius 2 is 1.74 bits per heavy atom. The minimum absolute atomic E-state index is 0. The van der Waals surface area contributed by atoms with Crippen LogP contribution in [0.2, 0.25) is 5.02 Å². The normalized spacial score (nSPS) is 29.6. The number of hydrogen-bond acceptors (Lipinski definition) is 3. The van der Waals surface area contributed by atoms with E-state index in [2.05, 4.69) is 5.32 Å². The number of hydrogen-bond donors (Lipinski definition) is 1. The lowest BCUT2D eigenvalue weighted by Crippen LogP contribution is -2.43. The monoisotopic (exact) mass is 356 g/mol. The second-order valence-corrected chi connectivity index (χ2v) is 7.04. The zero-order valence-corrected chi connectivity index (χ0v) is 14.5. The highest BCUT2D eigenvalue weighted by molar-refractivity contribution is 6.30. The number of benzene rings is 1. The van der Waals surface area contributed by atoms with Crippen molar-refractivity contribution in [1.82, 2.24) is 10.2 Å². The number of carbonyl (C=O) groups is 1. The van der Waals surface area contributed by atoms with Crippen molar-refractivity contribution >= 4 is 29.9 Å². The highest BCUT2D eigenvalue weighted by atomic mass is 35.5. The summed E-state index contributed by atoms with van der Waals surface area (Å²) in [5, 5.41) is 4.07. The SMILES string of the molecule is Cl.O=C(C1[C@H]2CNC[C@@H]12)N1CCC(Oc2ccc(Cl)cc2)CC1. The fourth-order valence-electron chi connectivity index (χ4n) is 3.90. The van der Waals surface area contributed by atoms with Gasteiger partial charge in [0.2, 0.25) is 5.91 Å². The molecule has 0 spiro atoms. The van der Waals surface area contributed by atoms with Crippen molar-refractivity contribution in [2.45, 2.75) is 18.9 Å². The average Bonchev–Trinajstić information content (AvgIpc) is 3.01. The molecule has 23 heavy (non-hydrogen) atoms. The third kappa shape index (κ3) is 3.44. The van der Waals surface area contributed by atoms with Crippen LogP contribution in [0, 0.1) is 17.8 Å². The van der Waals surface area contributed by atoms with Gasteiger partial charge in [-0.05, 0) is 49.2 Å². The van der Waals surface area contributed by atoms with Gasteiger partial charge in [-0.15, -0.1) is 12.4 Å². The van der Waals surface area contributed by atoms with E-state index < -0.39 is 0 Å². The molecule has 2 aliphatic heterocycles. The lowest BCUT2D eigenvalue weighted by atomic mass is 10.1. The van der Waals surface area contributed by atoms with Crippen LogP contribution in [0.3, 0.4) is 0 Å². The molecule has 6 heteroatoms. The maximum absolute atomic E-state index is 12.5. The molecular formula is C17H22Cl2N2O2. The van der Waals surface area contributed by atoms with Crippen molar-refractivity contribution in [3.8, 4) is 5.75 Å². The minimum Gasteiger partial charge on any atom is -0.490 e. The van der Waals surface area contributed by atoms with Crippen LogP contribution in [0.5, 0.6) is 5.75 Å². The largest absolute Gasteiger partial charge is 0.490 e. The molecule has 1 aliphatic carbocycles. The Morgan fingerprint density at radius 3 is 2.35 bits per heavy atom. The Hall–Kier alpha value is -0.970. The molecule has 0 radical (unpaired) electrons. The molecule has 0 aromatic heterocycles. The molecule has 1 saturated carbocycles. The summed E-state index contributed by atoms with van der Waals surface area (Å²) in [6.45, 7) is 3.69. The number of nitrogens with one attached hydrogen (secondary N) is 1. The summed E-state index contributed by atoms with van der Waals surface area (Å²) in [6.07, 6.45) is 2.02. The van der Waals surface area contributed by atoms with Crippen molar-refractivity contribution in [3.05, 3.63) is 29.3 Å².